The number of carbonyl (C=O) groups excluding carboxylic acids is 1. The number of nitrogens with zero attached hydrogens (tertiary/aromatic N) is 4. The summed E-state index contributed by atoms with van der Waals surface area (Å²) >= 11 is 0. The molecule has 1 fully saturated rings. The molecule has 3 aromatic rings. The molecule has 0 aliphatic carbocycles. The number of benzene rings is 2. The van der Waals surface area contributed by atoms with Crippen molar-refractivity contribution < 1.29 is 9.53 Å². The minimum absolute atomic E-state index is 0.102. The van der Waals surface area contributed by atoms with Crippen molar-refractivity contribution in [1.82, 2.24) is 14.9 Å². The van der Waals surface area contributed by atoms with E-state index in [2.05, 4.69) is 21.8 Å². The Kier molecular flexibility index (Phi) is 5.93. The molecule has 6 nitrogen and oxygen atoms in total. The smallest absolute Gasteiger partial charge is 0.227 e. The Balaban J connectivity index is 1.41. The lowest BCUT2D eigenvalue weighted by atomic mass is 10.1. The first kappa shape index (κ1) is 19.9. The van der Waals surface area contributed by atoms with Gasteiger partial charge >= 0.3 is 0 Å². The normalized spacial score (nSPS) is 16.4. The second kappa shape index (κ2) is 8.95. The van der Waals surface area contributed by atoms with Crippen molar-refractivity contribution in [3.8, 4) is 11.6 Å². The van der Waals surface area contributed by atoms with Gasteiger partial charge in [0.25, 0.3) is 0 Å². The maximum atomic E-state index is 12.8. The molecule has 1 aliphatic heterocycles. The molecule has 1 aliphatic rings. The monoisotopic (exact) mass is 402 g/mol. The van der Waals surface area contributed by atoms with Gasteiger partial charge in [0.05, 0.1) is 6.42 Å². The van der Waals surface area contributed by atoms with E-state index in [1.165, 1.54) is 6.33 Å². The zero-order valence-electron chi connectivity index (χ0n) is 17.4. The van der Waals surface area contributed by atoms with Crippen molar-refractivity contribution >= 4 is 11.7 Å². The summed E-state index contributed by atoms with van der Waals surface area (Å²) in [5.41, 5.74) is 2.10. The first-order valence-electron chi connectivity index (χ1n) is 10.2. The summed E-state index contributed by atoms with van der Waals surface area (Å²) in [4.78, 5) is 25.6. The largest absolute Gasteiger partial charge is 0.439 e. The summed E-state index contributed by atoms with van der Waals surface area (Å²) in [6.07, 6.45) is 1.97. The molecule has 0 bridgehead atoms. The number of piperazine rings is 1. The number of para-hydroxylation sites is 1. The van der Waals surface area contributed by atoms with E-state index in [4.69, 9.17) is 4.74 Å². The molecule has 1 aromatic heterocycles. The quantitative estimate of drug-likeness (QED) is 0.649. The highest BCUT2D eigenvalue weighted by Gasteiger charge is 2.28. The lowest BCUT2D eigenvalue weighted by Crippen LogP contribution is -2.54. The third-order valence-corrected chi connectivity index (χ3v) is 5.41. The predicted molar refractivity (Wildman–Crippen MR) is 117 cm³/mol. The van der Waals surface area contributed by atoms with Gasteiger partial charge < -0.3 is 14.5 Å². The highest BCUT2D eigenvalue weighted by molar-refractivity contribution is 5.79. The summed E-state index contributed by atoms with van der Waals surface area (Å²) in [6, 6.07) is 19.7. The Morgan fingerprint density at radius 1 is 1.07 bits per heavy atom. The van der Waals surface area contributed by atoms with Gasteiger partial charge in [0.15, 0.2) is 0 Å². The third kappa shape index (κ3) is 4.59. The molecule has 0 radical (unpaired) electrons. The van der Waals surface area contributed by atoms with E-state index in [0.29, 0.717) is 18.8 Å². The van der Waals surface area contributed by atoms with Crippen LogP contribution in [0.5, 0.6) is 11.6 Å². The molecule has 0 N–H and O–H groups in total. The van der Waals surface area contributed by atoms with Crippen molar-refractivity contribution in [1.29, 1.82) is 0 Å². The number of rotatable bonds is 5. The maximum Gasteiger partial charge on any atom is 0.227 e. The molecule has 6 heteroatoms. The number of hydrogen-bond acceptors (Lipinski definition) is 5. The topological polar surface area (TPSA) is 58.6 Å². The van der Waals surface area contributed by atoms with E-state index in [1.807, 2.05) is 72.5 Å². The Morgan fingerprint density at radius 2 is 1.83 bits per heavy atom. The molecule has 1 atom stereocenters. The minimum Gasteiger partial charge on any atom is -0.439 e. The van der Waals surface area contributed by atoms with Gasteiger partial charge in [-0.3, -0.25) is 4.79 Å². The average Bonchev–Trinajstić information content (AvgIpc) is 2.76. The van der Waals surface area contributed by atoms with Gasteiger partial charge in [0, 0.05) is 31.7 Å². The SMILES string of the molecule is Cc1ccccc1Oc1cc(N2CCN(C(=O)Cc3ccccc3)C(C)C2)ncn1. The van der Waals surface area contributed by atoms with Crippen LogP contribution in [0.2, 0.25) is 0 Å². The summed E-state index contributed by atoms with van der Waals surface area (Å²) in [7, 11) is 0. The van der Waals surface area contributed by atoms with Gasteiger partial charge in [-0.1, -0.05) is 48.5 Å². The van der Waals surface area contributed by atoms with Crippen LogP contribution in [0.4, 0.5) is 5.82 Å². The van der Waals surface area contributed by atoms with Crippen molar-refractivity contribution in [3.05, 3.63) is 78.1 Å². The fourth-order valence-corrected chi connectivity index (χ4v) is 3.75. The number of aromatic nitrogens is 2. The fourth-order valence-electron chi connectivity index (χ4n) is 3.75. The van der Waals surface area contributed by atoms with Gasteiger partial charge in [0.1, 0.15) is 17.9 Å². The number of aryl methyl sites for hydroxylation is 1. The van der Waals surface area contributed by atoms with Crippen molar-refractivity contribution in [3.63, 3.8) is 0 Å². The molecule has 1 amide bonds. The van der Waals surface area contributed by atoms with Gasteiger partial charge in [-0.25, -0.2) is 9.97 Å². The van der Waals surface area contributed by atoms with Crippen molar-refractivity contribution in [2.75, 3.05) is 24.5 Å². The van der Waals surface area contributed by atoms with Crippen LogP contribution in [-0.4, -0.2) is 46.5 Å². The van der Waals surface area contributed by atoms with E-state index < -0.39 is 0 Å². The van der Waals surface area contributed by atoms with Crippen LogP contribution < -0.4 is 9.64 Å². The van der Waals surface area contributed by atoms with E-state index in [-0.39, 0.29) is 11.9 Å². The highest BCUT2D eigenvalue weighted by atomic mass is 16.5. The summed E-state index contributed by atoms with van der Waals surface area (Å²) in [5, 5.41) is 0. The van der Waals surface area contributed by atoms with Crippen LogP contribution in [-0.2, 0) is 11.2 Å². The minimum atomic E-state index is 0.102. The van der Waals surface area contributed by atoms with E-state index >= 15 is 0 Å². The van der Waals surface area contributed by atoms with Crippen molar-refractivity contribution in [2.45, 2.75) is 26.3 Å². The van der Waals surface area contributed by atoms with Crippen LogP contribution in [0.15, 0.2) is 67.0 Å². The van der Waals surface area contributed by atoms with Crippen molar-refractivity contribution in [2.24, 2.45) is 0 Å². The molecule has 0 saturated carbocycles. The molecule has 1 saturated heterocycles. The van der Waals surface area contributed by atoms with E-state index in [9.17, 15) is 4.79 Å². The first-order chi connectivity index (χ1) is 14.6. The first-order valence-corrected chi connectivity index (χ1v) is 10.2. The second-order valence-electron chi connectivity index (χ2n) is 7.63. The van der Waals surface area contributed by atoms with Gasteiger partial charge in [-0.05, 0) is 31.0 Å². The van der Waals surface area contributed by atoms with Crippen LogP contribution in [0.25, 0.3) is 0 Å². The molecule has 30 heavy (non-hydrogen) atoms. The number of anilines is 1. The van der Waals surface area contributed by atoms with Gasteiger partial charge in [-0.2, -0.15) is 0 Å². The average molecular weight is 402 g/mol. The number of ether oxygens (including phenoxy) is 1. The lowest BCUT2D eigenvalue weighted by Gasteiger charge is -2.40. The zero-order chi connectivity index (χ0) is 20.9. The summed E-state index contributed by atoms with van der Waals surface area (Å²) < 4.78 is 5.95. The van der Waals surface area contributed by atoms with Crippen LogP contribution in [0.3, 0.4) is 0 Å². The zero-order valence-corrected chi connectivity index (χ0v) is 17.4. The molecule has 0 spiro atoms. The molecule has 4 rings (SSSR count). The van der Waals surface area contributed by atoms with Crippen LogP contribution in [0.1, 0.15) is 18.1 Å². The predicted octanol–water partition coefficient (Wildman–Crippen LogP) is 3.86. The Bertz CT molecular complexity index is 1010. The van der Waals surface area contributed by atoms with Crippen LogP contribution in [0, 0.1) is 6.92 Å². The Morgan fingerprint density at radius 3 is 2.60 bits per heavy atom. The highest BCUT2D eigenvalue weighted by Crippen LogP contribution is 2.26. The number of hydrogen-bond donors (Lipinski definition) is 0. The second-order valence-corrected chi connectivity index (χ2v) is 7.63. The fraction of sp³-hybridized carbons (Fsp3) is 0.292. The number of amides is 1. The molecular weight excluding hydrogens is 376 g/mol. The van der Waals surface area contributed by atoms with E-state index in [1.54, 1.807) is 0 Å². The molecule has 154 valence electrons. The number of carbonyl (C=O) groups is 1. The third-order valence-electron chi connectivity index (χ3n) is 5.41. The van der Waals surface area contributed by atoms with E-state index in [0.717, 1.165) is 35.8 Å². The standard InChI is InChI=1S/C24H26N4O2/c1-18-8-6-7-11-21(18)30-23-15-22(25-17-26-23)27-12-13-28(19(2)16-27)24(29)14-20-9-4-3-5-10-20/h3-11,15,17,19H,12-14,16H2,1-2H3. The van der Waals surface area contributed by atoms with Gasteiger partial charge in [0.2, 0.25) is 11.8 Å². The molecule has 2 heterocycles. The van der Waals surface area contributed by atoms with Crippen LogP contribution >= 0.6 is 0 Å². The summed E-state index contributed by atoms with van der Waals surface area (Å²) in [6.45, 7) is 6.21. The lowest BCUT2D eigenvalue weighted by molar-refractivity contribution is -0.132. The molecule has 2 aromatic carbocycles. The Labute approximate surface area is 177 Å². The molecular formula is C24H26N4O2. The Hall–Kier alpha value is -3.41. The summed E-state index contributed by atoms with van der Waals surface area (Å²) in [5.74, 6) is 2.28. The van der Waals surface area contributed by atoms with Gasteiger partial charge in [-0.15, -0.1) is 0 Å². The molecule has 1 unspecified atom stereocenters. The maximum absolute atomic E-state index is 12.8.